The number of hydrogen-bond acceptors (Lipinski definition) is 3. The summed E-state index contributed by atoms with van der Waals surface area (Å²) in [6.45, 7) is 4.01. The fourth-order valence-electron chi connectivity index (χ4n) is 0.793. The van der Waals surface area contributed by atoms with Gasteiger partial charge in [0.1, 0.15) is 5.69 Å². The van der Waals surface area contributed by atoms with Crippen LogP contribution in [-0.2, 0) is 0 Å². The molecule has 0 aliphatic carbocycles. The molecule has 2 N–H and O–H groups in total. The molecular formula is C9H12BrN3. The second-order valence-electron chi connectivity index (χ2n) is 3.00. The van der Waals surface area contributed by atoms with Gasteiger partial charge in [-0.25, -0.2) is 0 Å². The third-order valence-corrected chi connectivity index (χ3v) is 1.84. The number of aliphatic imine (C=N–C) groups is 1. The Kier molecular flexibility index (Phi) is 3.42. The fraction of sp³-hybridized carbons (Fsp3) is 0.333. The van der Waals surface area contributed by atoms with E-state index in [9.17, 15) is 0 Å². The van der Waals surface area contributed by atoms with E-state index in [1.807, 2.05) is 19.9 Å². The van der Waals surface area contributed by atoms with Crippen LogP contribution >= 0.6 is 15.9 Å². The lowest BCUT2D eigenvalue weighted by atomic mass is 10.3. The Morgan fingerprint density at radius 2 is 2.31 bits per heavy atom. The van der Waals surface area contributed by atoms with Gasteiger partial charge in [-0.05, 0) is 35.8 Å². The highest BCUT2D eigenvalue weighted by molar-refractivity contribution is 9.10. The minimum Gasteiger partial charge on any atom is -0.397 e. The molecule has 0 amide bonds. The maximum atomic E-state index is 5.72. The fourth-order valence-corrected chi connectivity index (χ4v) is 1.14. The molecular weight excluding hydrogens is 230 g/mol. The van der Waals surface area contributed by atoms with Crippen LogP contribution < -0.4 is 5.73 Å². The second-order valence-corrected chi connectivity index (χ2v) is 3.92. The quantitative estimate of drug-likeness (QED) is 0.808. The molecule has 4 heteroatoms. The minimum absolute atomic E-state index is 0.268. The van der Waals surface area contributed by atoms with Crippen LogP contribution in [0.15, 0.2) is 21.7 Å². The molecule has 0 radical (unpaired) electrons. The van der Waals surface area contributed by atoms with Gasteiger partial charge in [-0.1, -0.05) is 0 Å². The highest BCUT2D eigenvalue weighted by atomic mass is 79.9. The van der Waals surface area contributed by atoms with E-state index in [4.69, 9.17) is 5.73 Å². The van der Waals surface area contributed by atoms with Crippen molar-refractivity contribution in [3.05, 3.63) is 22.4 Å². The van der Waals surface area contributed by atoms with E-state index >= 15 is 0 Å². The molecule has 0 unspecified atom stereocenters. The number of hydrogen-bond donors (Lipinski definition) is 1. The summed E-state index contributed by atoms with van der Waals surface area (Å²) in [5, 5.41) is 0. The van der Waals surface area contributed by atoms with E-state index in [0.29, 0.717) is 5.69 Å². The van der Waals surface area contributed by atoms with Crippen molar-refractivity contribution < 1.29 is 0 Å². The lowest BCUT2D eigenvalue weighted by Crippen LogP contribution is -1.98. The lowest BCUT2D eigenvalue weighted by molar-refractivity contribution is 0.840. The standard InChI is InChI=1S/C9H12BrN3/c1-6(2)12-5-9-8(11)3-7(10)4-13-9/h3-6H,11H2,1-2H3. The molecule has 0 saturated heterocycles. The summed E-state index contributed by atoms with van der Waals surface area (Å²) in [4.78, 5) is 8.33. The first-order valence-electron chi connectivity index (χ1n) is 4.04. The number of aromatic nitrogens is 1. The van der Waals surface area contributed by atoms with Gasteiger partial charge in [-0.3, -0.25) is 9.98 Å². The van der Waals surface area contributed by atoms with Crippen molar-refractivity contribution in [3.63, 3.8) is 0 Å². The topological polar surface area (TPSA) is 51.3 Å². The first kappa shape index (κ1) is 10.2. The third-order valence-electron chi connectivity index (χ3n) is 1.41. The smallest absolute Gasteiger partial charge is 0.104 e. The summed E-state index contributed by atoms with van der Waals surface area (Å²) < 4.78 is 0.881. The number of anilines is 1. The van der Waals surface area contributed by atoms with Gasteiger partial charge < -0.3 is 5.73 Å². The Morgan fingerprint density at radius 1 is 1.62 bits per heavy atom. The summed E-state index contributed by atoms with van der Waals surface area (Å²) in [7, 11) is 0. The Labute approximate surface area is 86.2 Å². The number of nitrogens with zero attached hydrogens (tertiary/aromatic N) is 2. The van der Waals surface area contributed by atoms with Gasteiger partial charge in [-0.15, -0.1) is 0 Å². The van der Waals surface area contributed by atoms with Crippen molar-refractivity contribution >= 4 is 27.8 Å². The van der Waals surface area contributed by atoms with Crippen LogP contribution in [0.5, 0.6) is 0 Å². The number of nitrogen functional groups attached to an aromatic ring is 1. The van der Waals surface area contributed by atoms with Crippen molar-refractivity contribution in [1.82, 2.24) is 4.98 Å². The van der Waals surface area contributed by atoms with E-state index in [1.54, 1.807) is 12.4 Å². The van der Waals surface area contributed by atoms with E-state index in [-0.39, 0.29) is 6.04 Å². The minimum atomic E-state index is 0.268. The predicted octanol–water partition coefficient (Wildman–Crippen LogP) is 2.25. The molecule has 0 aromatic carbocycles. The largest absolute Gasteiger partial charge is 0.397 e. The Bertz CT molecular complexity index is 321. The molecule has 1 aromatic rings. The summed E-state index contributed by atoms with van der Waals surface area (Å²) in [6, 6.07) is 2.08. The van der Waals surface area contributed by atoms with Crippen LogP contribution in [0.25, 0.3) is 0 Å². The number of pyridine rings is 1. The summed E-state index contributed by atoms with van der Waals surface area (Å²) >= 11 is 3.29. The monoisotopic (exact) mass is 241 g/mol. The maximum absolute atomic E-state index is 5.72. The van der Waals surface area contributed by atoms with Gasteiger partial charge >= 0.3 is 0 Å². The highest BCUT2D eigenvalue weighted by Gasteiger charge is 1.97. The molecule has 70 valence electrons. The number of rotatable bonds is 2. The molecule has 0 bridgehead atoms. The van der Waals surface area contributed by atoms with Crippen molar-refractivity contribution in [2.24, 2.45) is 4.99 Å². The molecule has 0 spiro atoms. The zero-order valence-electron chi connectivity index (χ0n) is 7.66. The Hall–Kier alpha value is -0.900. The summed E-state index contributed by atoms with van der Waals surface area (Å²) in [6.07, 6.45) is 3.41. The molecule has 3 nitrogen and oxygen atoms in total. The van der Waals surface area contributed by atoms with Crippen LogP contribution in [0.1, 0.15) is 19.5 Å². The first-order valence-corrected chi connectivity index (χ1v) is 4.83. The van der Waals surface area contributed by atoms with Gasteiger partial charge in [-0.2, -0.15) is 0 Å². The van der Waals surface area contributed by atoms with Gasteiger partial charge in [0.25, 0.3) is 0 Å². The third kappa shape index (κ3) is 3.14. The van der Waals surface area contributed by atoms with E-state index in [2.05, 4.69) is 25.9 Å². The predicted molar refractivity (Wildman–Crippen MR) is 59.1 cm³/mol. The van der Waals surface area contributed by atoms with Crippen molar-refractivity contribution in [3.8, 4) is 0 Å². The van der Waals surface area contributed by atoms with Crippen LogP contribution in [-0.4, -0.2) is 17.2 Å². The SMILES string of the molecule is CC(C)N=Cc1ncc(Br)cc1N. The molecule has 0 fully saturated rings. The number of nitrogens with two attached hydrogens (primary N) is 1. The molecule has 0 atom stereocenters. The van der Waals surface area contributed by atoms with Gasteiger partial charge in [0.15, 0.2) is 0 Å². The van der Waals surface area contributed by atoms with E-state index < -0.39 is 0 Å². The molecule has 1 heterocycles. The van der Waals surface area contributed by atoms with Crippen molar-refractivity contribution in [2.75, 3.05) is 5.73 Å². The molecule has 0 saturated carbocycles. The van der Waals surface area contributed by atoms with Gasteiger partial charge in [0.05, 0.1) is 5.69 Å². The Balaban J connectivity index is 2.90. The summed E-state index contributed by atoms with van der Waals surface area (Å²) in [5.41, 5.74) is 7.08. The average Bonchev–Trinajstić information content (AvgIpc) is 2.02. The Morgan fingerprint density at radius 3 is 2.85 bits per heavy atom. The molecule has 0 aliphatic rings. The summed E-state index contributed by atoms with van der Waals surface area (Å²) in [5.74, 6) is 0. The zero-order valence-corrected chi connectivity index (χ0v) is 9.25. The normalized spacial score (nSPS) is 11.4. The van der Waals surface area contributed by atoms with E-state index in [1.165, 1.54) is 0 Å². The van der Waals surface area contributed by atoms with Gasteiger partial charge in [0.2, 0.25) is 0 Å². The van der Waals surface area contributed by atoms with Crippen molar-refractivity contribution in [1.29, 1.82) is 0 Å². The van der Waals surface area contributed by atoms with Crippen LogP contribution in [0.4, 0.5) is 5.69 Å². The first-order chi connectivity index (χ1) is 6.09. The van der Waals surface area contributed by atoms with E-state index in [0.717, 1.165) is 10.2 Å². The molecule has 1 rings (SSSR count). The van der Waals surface area contributed by atoms with Crippen LogP contribution in [0, 0.1) is 0 Å². The van der Waals surface area contributed by atoms with Crippen molar-refractivity contribution in [2.45, 2.75) is 19.9 Å². The molecule has 1 aromatic heterocycles. The lowest BCUT2D eigenvalue weighted by Gasteiger charge is -2.00. The number of halogens is 1. The molecule has 13 heavy (non-hydrogen) atoms. The second kappa shape index (κ2) is 4.37. The zero-order chi connectivity index (χ0) is 9.84. The maximum Gasteiger partial charge on any atom is 0.104 e. The van der Waals surface area contributed by atoms with Crippen LogP contribution in [0.3, 0.4) is 0 Å². The highest BCUT2D eigenvalue weighted by Crippen LogP contribution is 2.14. The van der Waals surface area contributed by atoms with Gasteiger partial charge in [0, 0.05) is 22.9 Å². The van der Waals surface area contributed by atoms with Crippen LogP contribution in [0.2, 0.25) is 0 Å². The molecule has 0 aliphatic heterocycles. The average molecular weight is 242 g/mol.